The number of benzene rings is 1. The molecule has 0 atom stereocenters. The minimum atomic E-state index is -0.0152. The van der Waals surface area contributed by atoms with Crippen molar-refractivity contribution in [2.24, 2.45) is 0 Å². The number of fused-ring (bicyclic) bond motifs is 1. The Labute approximate surface area is 186 Å². The third kappa shape index (κ3) is 3.73. The van der Waals surface area contributed by atoms with E-state index in [-0.39, 0.29) is 22.9 Å². The highest BCUT2D eigenvalue weighted by molar-refractivity contribution is 5.77. The molecule has 0 amide bonds. The Morgan fingerprint density at radius 1 is 1.00 bits per heavy atom. The molecule has 5 rings (SSSR count). The zero-order valence-corrected chi connectivity index (χ0v) is 19.0. The van der Waals surface area contributed by atoms with Crippen molar-refractivity contribution in [3.63, 3.8) is 0 Å². The van der Waals surface area contributed by atoms with E-state index in [1.54, 1.807) is 10.7 Å². The number of aromatic nitrogens is 7. The van der Waals surface area contributed by atoms with Gasteiger partial charge in [-0.3, -0.25) is 0 Å². The molecule has 0 spiro atoms. The molecule has 0 aliphatic carbocycles. The van der Waals surface area contributed by atoms with Crippen LogP contribution in [0.3, 0.4) is 0 Å². The number of rotatable bonds is 3. The molecule has 9 heteroatoms. The Kier molecular flexibility index (Phi) is 4.56. The van der Waals surface area contributed by atoms with E-state index < -0.39 is 0 Å². The van der Waals surface area contributed by atoms with Gasteiger partial charge in [0.05, 0.1) is 23.1 Å². The molecule has 4 heterocycles. The van der Waals surface area contributed by atoms with Gasteiger partial charge in [-0.2, -0.15) is 5.10 Å². The van der Waals surface area contributed by atoms with E-state index in [2.05, 4.69) is 58.6 Å². The molecule has 2 N–H and O–H groups in total. The molecule has 0 radical (unpaired) electrons. The molecule has 1 aliphatic heterocycles. The number of aryl methyl sites for hydroxylation is 1. The summed E-state index contributed by atoms with van der Waals surface area (Å²) in [7, 11) is 0. The van der Waals surface area contributed by atoms with Crippen LogP contribution in [0.1, 0.15) is 52.3 Å². The maximum Gasteiger partial charge on any atom is 0.201 e. The number of nitrogens with one attached hydrogen (secondary N) is 1. The van der Waals surface area contributed by atoms with Gasteiger partial charge in [0, 0.05) is 28.9 Å². The van der Waals surface area contributed by atoms with Crippen LogP contribution in [0.25, 0.3) is 28.1 Å². The third-order valence-corrected chi connectivity index (χ3v) is 5.98. The lowest BCUT2D eigenvalue weighted by Gasteiger charge is -2.46. The van der Waals surface area contributed by atoms with Crippen LogP contribution in [-0.2, 0) is 0 Å². The Balaban J connectivity index is 1.48. The van der Waals surface area contributed by atoms with Crippen LogP contribution in [-0.4, -0.2) is 51.2 Å². The number of phenolic OH excluding ortho intramolecular Hbond substituents is 1. The highest BCUT2D eigenvalue weighted by Crippen LogP contribution is 2.37. The normalized spacial score (nSPS) is 18.3. The number of nitrogens with zero attached hydrogens (tertiary/aromatic N) is 7. The summed E-state index contributed by atoms with van der Waals surface area (Å²) in [4.78, 5) is 0. The lowest BCUT2D eigenvalue weighted by Crippen LogP contribution is -2.58. The zero-order valence-electron chi connectivity index (χ0n) is 19.0. The molecule has 1 fully saturated rings. The van der Waals surface area contributed by atoms with Crippen LogP contribution in [0.5, 0.6) is 5.75 Å². The van der Waals surface area contributed by atoms with Crippen LogP contribution in [0.4, 0.5) is 0 Å². The number of hydrogen-bond acceptors (Lipinski definition) is 7. The first-order valence-corrected chi connectivity index (χ1v) is 10.8. The van der Waals surface area contributed by atoms with Gasteiger partial charge in [0.25, 0.3) is 0 Å². The minimum Gasteiger partial charge on any atom is -0.507 e. The van der Waals surface area contributed by atoms with E-state index >= 15 is 0 Å². The Bertz CT molecular complexity index is 1290. The number of aromatic hydroxyl groups is 1. The summed E-state index contributed by atoms with van der Waals surface area (Å²) in [6.07, 6.45) is 3.71. The number of hydrogen-bond donors (Lipinski definition) is 2. The minimum absolute atomic E-state index is 0.0152. The van der Waals surface area contributed by atoms with Crippen molar-refractivity contribution in [3.05, 3.63) is 42.2 Å². The van der Waals surface area contributed by atoms with Gasteiger partial charge in [0.15, 0.2) is 0 Å². The maximum absolute atomic E-state index is 10.7. The number of phenols is 1. The second-order valence-electron chi connectivity index (χ2n) is 10.0. The SMILES string of the molecule is Cc1ccn(-c2ccc(-c3cc4nnn(C5CC(C)(C)NC(C)(C)C5)c4nn3)c(O)c2)n1. The van der Waals surface area contributed by atoms with Gasteiger partial charge in [-0.05, 0) is 71.7 Å². The quantitative estimate of drug-likeness (QED) is 0.510. The van der Waals surface area contributed by atoms with Gasteiger partial charge in [0.2, 0.25) is 5.65 Å². The van der Waals surface area contributed by atoms with Crippen molar-refractivity contribution in [2.75, 3.05) is 0 Å². The van der Waals surface area contributed by atoms with Gasteiger partial charge >= 0.3 is 0 Å². The van der Waals surface area contributed by atoms with Gasteiger partial charge in [-0.1, -0.05) is 5.21 Å². The van der Waals surface area contributed by atoms with E-state index in [9.17, 15) is 5.11 Å². The first-order chi connectivity index (χ1) is 15.1. The highest BCUT2D eigenvalue weighted by Gasteiger charge is 2.39. The van der Waals surface area contributed by atoms with Gasteiger partial charge < -0.3 is 10.4 Å². The molecule has 0 saturated carbocycles. The van der Waals surface area contributed by atoms with Gasteiger partial charge in [-0.25, -0.2) is 9.36 Å². The summed E-state index contributed by atoms with van der Waals surface area (Å²) in [5.41, 5.74) is 4.12. The van der Waals surface area contributed by atoms with E-state index in [0.717, 1.165) is 24.2 Å². The second kappa shape index (κ2) is 7.09. The van der Waals surface area contributed by atoms with Crippen LogP contribution in [0, 0.1) is 6.92 Å². The summed E-state index contributed by atoms with van der Waals surface area (Å²) < 4.78 is 3.63. The van der Waals surface area contributed by atoms with E-state index in [4.69, 9.17) is 0 Å². The molecule has 4 aromatic rings. The fourth-order valence-electron chi connectivity index (χ4n) is 5.01. The van der Waals surface area contributed by atoms with E-state index in [0.29, 0.717) is 22.4 Å². The maximum atomic E-state index is 10.7. The van der Waals surface area contributed by atoms with Crippen LogP contribution in [0.2, 0.25) is 0 Å². The fourth-order valence-corrected chi connectivity index (χ4v) is 5.01. The molecule has 0 bridgehead atoms. The van der Waals surface area contributed by atoms with Crippen LogP contribution in [0.15, 0.2) is 36.5 Å². The van der Waals surface area contributed by atoms with Crippen molar-refractivity contribution >= 4 is 11.2 Å². The summed E-state index contributed by atoms with van der Waals surface area (Å²) >= 11 is 0. The molecular formula is C23H28N8O. The molecule has 1 aromatic carbocycles. The first-order valence-electron chi connectivity index (χ1n) is 10.8. The summed E-state index contributed by atoms with van der Waals surface area (Å²) in [6, 6.07) is 9.30. The lowest BCUT2D eigenvalue weighted by molar-refractivity contribution is 0.127. The lowest BCUT2D eigenvalue weighted by atomic mass is 9.80. The Hall–Kier alpha value is -3.33. The monoisotopic (exact) mass is 432 g/mol. The molecular weight excluding hydrogens is 404 g/mol. The van der Waals surface area contributed by atoms with Crippen molar-refractivity contribution in [1.29, 1.82) is 0 Å². The predicted octanol–water partition coefficient (Wildman–Crippen LogP) is 3.57. The summed E-state index contributed by atoms with van der Waals surface area (Å²) in [5, 5.41) is 36.4. The largest absolute Gasteiger partial charge is 0.507 e. The molecule has 166 valence electrons. The predicted molar refractivity (Wildman–Crippen MR) is 122 cm³/mol. The molecule has 32 heavy (non-hydrogen) atoms. The summed E-state index contributed by atoms with van der Waals surface area (Å²) in [5.74, 6) is 0.110. The summed E-state index contributed by atoms with van der Waals surface area (Å²) in [6.45, 7) is 10.8. The third-order valence-electron chi connectivity index (χ3n) is 5.98. The smallest absolute Gasteiger partial charge is 0.201 e. The second-order valence-corrected chi connectivity index (χ2v) is 10.0. The molecule has 0 unspecified atom stereocenters. The van der Waals surface area contributed by atoms with Gasteiger partial charge in [0.1, 0.15) is 11.3 Å². The molecule has 1 saturated heterocycles. The standard InChI is InChI=1S/C23H28N8O/c1-14-8-9-30(27-14)15-6-7-17(20(32)10-15)18-11-19-21(26-24-18)31(29-25-19)16-12-22(2,3)28-23(4,5)13-16/h6-11,16,28,32H,12-13H2,1-5H3. The fraction of sp³-hybridized carbons (Fsp3) is 0.435. The van der Waals surface area contributed by atoms with E-state index in [1.165, 1.54) is 0 Å². The zero-order chi connectivity index (χ0) is 22.7. The Morgan fingerprint density at radius 3 is 2.41 bits per heavy atom. The van der Waals surface area contributed by atoms with Gasteiger partial charge in [-0.15, -0.1) is 15.3 Å². The van der Waals surface area contributed by atoms with Crippen LogP contribution < -0.4 is 5.32 Å². The topological polar surface area (TPSA) is 107 Å². The van der Waals surface area contributed by atoms with Crippen molar-refractivity contribution in [1.82, 2.24) is 40.3 Å². The molecule has 1 aliphatic rings. The Morgan fingerprint density at radius 2 is 1.75 bits per heavy atom. The van der Waals surface area contributed by atoms with Crippen molar-refractivity contribution in [3.8, 4) is 22.7 Å². The average Bonchev–Trinajstić information content (AvgIpc) is 3.31. The molecule has 9 nitrogen and oxygen atoms in total. The first kappa shape index (κ1) is 20.6. The van der Waals surface area contributed by atoms with Crippen molar-refractivity contribution < 1.29 is 5.11 Å². The average molecular weight is 433 g/mol. The highest BCUT2D eigenvalue weighted by atomic mass is 16.3. The van der Waals surface area contributed by atoms with E-state index in [1.807, 2.05) is 42.1 Å². The van der Waals surface area contributed by atoms with Crippen molar-refractivity contribution in [2.45, 2.75) is 64.6 Å². The number of piperidine rings is 1. The van der Waals surface area contributed by atoms with Crippen LogP contribution >= 0.6 is 0 Å². The molecule has 3 aromatic heterocycles.